The molecule has 0 bridgehead atoms. The Morgan fingerprint density at radius 1 is 1.50 bits per heavy atom. The third kappa shape index (κ3) is 1.55. The van der Waals surface area contributed by atoms with E-state index in [1.165, 1.54) is 0 Å². The van der Waals surface area contributed by atoms with Crippen LogP contribution in [0.3, 0.4) is 0 Å². The van der Waals surface area contributed by atoms with Crippen molar-refractivity contribution in [1.82, 2.24) is 14.8 Å². The van der Waals surface area contributed by atoms with Crippen LogP contribution in [0.25, 0.3) is 11.6 Å². The van der Waals surface area contributed by atoms with Crippen LogP contribution in [-0.2, 0) is 7.05 Å². The van der Waals surface area contributed by atoms with Gasteiger partial charge in [-0.15, -0.1) is 0 Å². The highest BCUT2D eigenvalue weighted by molar-refractivity contribution is 7.98. The van der Waals surface area contributed by atoms with Gasteiger partial charge in [0, 0.05) is 13.2 Å². The summed E-state index contributed by atoms with van der Waals surface area (Å²) < 4.78 is 7.27. The topological polar surface area (TPSA) is 43.9 Å². The van der Waals surface area contributed by atoms with Crippen molar-refractivity contribution in [2.24, 2.45) is 7.05 Å². The predicted octanol–water partition coefficient (Wildman–Crippen LogP) is 2.11. The molecule has 0 atom stereocenters. The molecule has 74 valence electrons. The fourth-order valence-corrected chi connectivity index (χ4v) is 1.71. The van der Waals surface area contributed by atoms with E-state index in [9.17, 15) is 0 Å². The highest BCUT2D eigenvalue weighted by Crippen LogP contribution is 2.25. The molecular formula is C9H11N3OS. The molecule has 0 saturated heterocycles. The number of hydrogen-bond acceptors (Lipinski definition) is 4. The van der Waals surface area contributed by atoms with Crippen LogP contribution in [0, 0.1) is 6.92 Å². The van der Waals surface area contributed by atoms with E-state index in [2.05, 4.69) is 10.1 Å². The first-order valence-corrected chi connectivity index (χ1v) is 5.44. The van der Waals surface area contributed by atoms with E-state index in [0.29, 0.717) is 5.89 Å². The highest BCUT2D eigenvalue weighted by atomic mass is 32.2. The predicted molar refractivity (Wildman–Crippen MR) is 55.2 cm³/mol. The molecule has 0 N–H and O–H groups in total. The molecule has 0 fully saturated rings. The Balaban J connectivity index is 2.42. The van der Waals surface area contributed by atoms with Crippen LogP contribution >= 0.6 is 11.8 Å². The Hall–Kier alpha value is -1.23. The third-order valence-electron chi connectivity index (χ3n) is 1.87. The second-order valence-electron chi connectivity index (χ2n) is 2.97. The lowest BCUT2D eigenvalue weighted by atomic mass is 10.4. The smallest absolute Gasteiger partial charge is 0.248 e. The number of aromatic nitrogens is 3. The monoisotopic (exact) mass is 209 g/mol. The maximum Gasteiger partial charge on any atom is 0.248 e. The first-order valence-electron chi connectivity index (χ1n) is 4.22. The first kappa shape index (κ1) is 9.33. The number of thioether (sulfide) groups is 1. The van der Waals surface area contributed by atoms with Crippen molar-refractivity contribution in [1.29, 1.82) is 0 Å². The SMILES string of the molecule is CSc1oc(-c2ccn(C)n2)nc1C. The molecule has 0 unspecified atom stereocenters. The van der Waals surface area contributed by atoms with E-state index >= 15 is 0 Å². The van der Waals surface area contributed by atoms with Gasteiger partial charge in [0.1, 0.15) is 5.69 Å². The lowest BCUT2D eigenvalue weighted by Gasteiger charge is -1.87. The minimum absolute atomic E-state index is 0.590. The van der Waals surface area contributed by atoms with Crippen LogP contribution in [0.2, 0.25) is 0 Å². The zero-order valence-corrected chi connectivity index (χ0v) is 9.13. The van der Waals surface area contributed by atoms with Gasteiger partial charge in [0.25, 0.3) is 0 Å². The van der Waals surface area contributed by atoms with Gasteiger partial charge in [-0.2, -0.15) is 5.10 Å². The van der Waals surface area contributed by atoms with Crippen molar-refractivity contribution in [3.63, 3.8) is 0 Å². The van der Waals surface area contributed by atoms with Crippen LogP contribution in [0.4, 0.5) is 0 Å². The van der Waals surface area contributed by atoms with Gasteiger partial charge in [-0.25, -0.2) is 4.98 Å². The summed E-state index contributed by atoms with van der Waals surface area (Å²) in [6.45, 7) is 1.93. The van der Waals surface area contributed by atoms with Crippen molar-refractivity contribution >= 4 is 11.8 Å². The standard InChI is InChI=1S/C9H11N3OS/c1-6-9(14-3)13-8(10-6)7-4-5-12(2)11-7/h4-5H,1-3H3. The molecule has 0 saturated carbocycles. The fraction of sp³-hybridized carbons (Fsp3) is 0.333. The number of hydrogen-bond donors (Lipinski definition) is 0. The molecule has 2 aromatic heterocycles. The van der Waals surface area contributed by atoms with Gasteiger partial charge in [-0.05, 0) is 19.2 Å². The average Bonchev–Trinajstić information content (AvgIpc) is 2.71. The Morgan fingerprint density at radius 2 is 2.29 bits per heavy atom. The molecule has 2 heterocycles. The summed E-state index contributed by atoms with van der Waals surface area (Å²) >= 11 is 1.55. The van der Waals surface area contributed by atoms with Gasteiger partial charge in [0.15, 0.2) is 5.09 Å². The molecule has 0 aliphatic heterocycles. The molecule has 0 aliphatic rings. The van der Waals surface area contributed by atoms with E-state index in [-0.39, 0.29) is 0 Å². The van der Waals surface area contributed by atoms with E-state index < -0.39 is 0 Å². The zero-order valence-electron chi connectivity index (χ0n) is 8.31. The molecule has 14 heavy (non-hydrogen) atoms. The van der Waals surface area contributed by atoms with Crippen LogP contribution in [0.1, 0.15) is 5.69 Å². The molecule has 2 rings (SSSR count). The molecule has 0 aromatic carbocycles. The van der Waals surface area contributed by atoms with E-state index in [4.69, 9.17) is 4.42 Å². The quantitative estimate of drug-likeness (QED) is 0.710. The molecule has 0 spiro atoms. The first-order chi connectivity index (χ1) is 6.70. The number of nitrogens with zero attached hydrogens (tertiary/aromatic N) is 3. The number of rotatable bonds is 2. The summed E-state index contributed by atoms with van der Waals surface area (Å²) in [5, 5.41) is 5.07. The largest absolute Gasteiger partial charge is 0.428 e. The average molecular weight is 209 g/mol. The van der Waals surface area contributed by atoms with Crippen molar-refractivity contribution in [2.75, 3.05) is 6.26 Å². The maximum absolute atomic E-state index is 5.54. The maximum atomic E-state index is 5.54. The van der Waals surface area contributed by atoms with Crippen molar-refractivity contribution < 1.29 is 4.42 Å². The van der Waals surface area contributed by atoms with Gasteiger partial charge < -0.3 is 4.42 Å². The Labute approximate surface area is 86.3 Å². The summed E-state index contributed by atoms with van der Waals surface area (Å²) in [5.74, 6) is 0.590. The van der Waals surface area contributed by atoms with E-state index in [1.807, 2.05) is 32.5 Å². The Kier molecular flexibility index (Phi) is 2.33. The summed E-state index contributed by atoms with van der Waals surface area (Å²) in [4.78, 5) is 4.30. The van der Waals surface area contributed by atoms with E-state index in [1.54, 1.807) is 16.4 Å². The lowest BCUT2D eigenvalue weighted by Crippen LogP contribution is -1.87. The molecule has 5 heteroatoms. The van der Waals surface area contributed by atoms with Gasteiger partial charge in [-0.3, -0.25) is 4.68 Å². The normalized spacial score (nSPS) is 10.8. The van der Waals surface area contributed by atoms with Crippen LogP contribution in [-0.4, -0.2) is 21.0 Å². The Bertz CT molecular complexity index is 447. The van der Waals surface area contributed by atoms with Gasteiger partial charge in [-0.1, -0.05) is 11.8 Å². The van der Waals surface area contributed by atoms with Crippen molar-refractivity contribution in [2.45, 2.75) is 12.0 Å². The van der Waals surface area contributed by atoms with E-state index in [0.717, 1.165) is 16.5 Å². The molecule has 0 radical (unpaired) electrons. The van der Waals surface area contributed by atoms with Gasteiger partial charge in [0.2, 0.25) is 5.89 Å². The Morgan fingerprint density at radius 3 is 2.79 bits per heavy atom. The minimum atomic E-state index is 0.590. The second kappa shape index (κ2) is 3.49. The summed E-state index contributed by atoms with van der Waals surface area (Å²) in [6.07, 6.45) is 3.84. The molecule has 0 aliphatic carbocycles. The van der Waals surface area contributed by atoms with Crippen LogP contribution < -0.4 is 0 Å². The lowest BCUT2D eigenvalue weighted by molar-refractivity contribution is 0.479. The highest BCUT2D eigenvalue weighted by Gasteiger charge is 2.12. The number of oxazole rings is 1. The summed E-state index contributed by atoms with van der Waals surface area (Å²) in [7, 11) is 1.87. The zero-order chi connectivity index (χ0) is 10.1. The number of aryl methyl sites for hydroxylation is 2. The van der Waals surface area contributed by atoms with Crippen molar-refractivity contribution in [3.05, 3.63) is 18.0 Å². The molecule has 4 nitrogen and oxygen atoms in total. The minimum Gasteiger partial charge on any atom is -0.428 e. The van der Waals surface area contributed by atoms with Crippen LogP contribution in [0.15, 0.2) is 21.8 Å². The summed E-state index contributed by atoms with van der Waals surface area (Å²) in [5.41, 5.74) is 1.69. The molecule has 0 amide bonds. The third-order valence-corrected chi connectivity index (χ3v) is 2.62. The second-order valence-corrected chi connectivity index (χ2v) is 3.75. The fourth-order valence-electron chi connectivity index (χ4n) is 1.21. The van der Waals surface area contributed by atoms with Crippen LogP contribution in [0.5, 0.6) is 0 Å². The van der Waals surface area contributed by atoms with Gasteiger partial charge >= 0.3 is 0 Å². The molecular weight excluding hydrogens is 198 g/mol. The van der Waals surface area contributed by atoms with Crippen molar-refractivity contribution in [3.8, 4) is 11.6 Å². The van der Waals surface area contributed by atoms with Gasteiger partial charge in [0.05, 0.1) is 5.69 Å². The summed E-state index contributed by atoms with van der Waals surface area (Å²) in [6, 6.07) is 1.88. The molecule has 2 aromatic rings.